The van der Waals surface area contributed by atoms with Crippen molar-refractivity contribution in [2.45, 2.75) is 64.1 Å². The average Bonchev–Trinajstić information content (AvgIpc) is 3.02. The number of carbonyl (C=O) groups excluding carboxylic acids is 2. The highest BCUT2D eigenvalue weighted by Gasteiger charge is 2.46. The molecule has 150 valence electrons. The second-order valence-corrected chi connectivity index (χ2v) is 13.2. The Bertz CT molecular complexity index is 656. The molecule has 2 rings (SSSR count). The van der Waals surface area contributed by atoms with Crippen molar-refractivity contribution in [1.82, 2.24) is 4.90 Å². The van der Waals surface area contributed by atoms with Gasteiger partial charge < -0.3 is 13.9 Å². The van der Waals surface area contributed by atoms with Crippen LogP contribution in [-0.4, -0.2) is 51.1 Å². The van der Waals surface area contributed by atoms with Crippen LogP contribution in [0.2, 0.25) is 18.1 Å². The molecule has 1 aliphatic rings. The van der Waals surface area contributed by atoms with Gasteiger partial charge in [0.05, 0.1) is 13.2 Å². The third kappa shape index (κ3) is 5.32. The zero-order chi connectivity index (χ0) is 20.2. The van der Waals surface area contributed by atoms with Gasteiger partial charge in [-0.2, -0.15) is 0 Å². The fourth-order valence-electron chi connectivity index (χ4n) is 2.84. The smallest absolute Gasteiger partial charge is 0.410 e. The molecule has 1 fully saturated rings. The van der Waals surface area contributed by atoms with Gasteiger partial charge >= 0.3 is 12.1 Å². The maximum absolute atomic E-state index is 12.6. The second kappa shape index (κ2) is 8.44. The minimum atomic E-state index is -2.01. The van der Waals surface area contributed by atoms with Crippen molar-refractivity contribution < 1.29 is 23.5 Å². The number of ether oxygens (including phenoxy) is 2. The van der Waals surface area contributed by atoms with Gasteiger partial charge in [0.15, 0.2) is 8.32 Å². The Hall–Kier alpha value is -1.86. The number of benzene rings is 1. The highest BCUT2D eigenvalue weighted by atomic mass is 28.4. The number of esters is 1. The van der Waals surface area contributed by atoms with Crippen LogP contribution in [0.3, 0.4) is 0 Å². The summed E-state index contributed by atoms with van der Waals surface area (Å²) in [6, 6.07) is 8.78. The molecule has 0 radical (unpaired) electrons. The van der Waals surface area contributed by atoms with Crippen molar-refractivity contribution >= 4 is 20.4 Å². The Labute approximate surface area is 162 Å². The predicted octanol–water partition coefficient (Wildman–Crippen LogP) is 3.96. The summed E-state index contributed by atoms with van der Waals surface area (Å²) < 4.78 is 16.7. The Balaban J connectivity index is 2.06. The first-order valence-corrected chi connectivity index (χ1v) is 12.2. The fourth-order valence-corrected chi connectivity index (χ4v) is 4.20. The lowest BCUT2D eigenvalue weighted by atomic mass is 10.2. The molecule has 1 aromatic carbocycles. The third-order valence-corrected chi connectivity index (χ3v) is 9.98. The molecule has 1 aromatic rings. The molecular weight excluding hydrogens is 362 g/mol. The first-order chi connectivity index (χ1) is 12.5. The maximum Gasteiger partial charge on any atom is 0.410 e. The molecule has 0 saturated carbocycles. The van der Waals surface area contributed by atoms with Gasteiger partial charge in [-0.25, -0.2) is 9.59 Å². The van der Waals surface area contributed by atoms with Gasteiger partial charge in [0.25, 0.3) is 0 Å². The van der Waals surface area contributed by atoms with E-state index in [1.807, 2.05) is 30.3 Å². The number of hydrogen-bond donors (Lipinski definition) is 0. The number of amides is 1. The van der Waals surface area contributed by atoms with E-state index in [-0.39, 0.29) is 17.7 Å². The summed E-state index contributed by atoms with van der Waals surface area (Å²) in [6.45, 7) is 11.3. The molecule has 0 bridgehead atoms. The van der Waals surface area contributed by atoms with Gasteiger partial charge in [-0.3, -0.25) is 4.90 Å². The molecule has 6 nitrogen and oxygen atoms in total. The highest BCUT2D eigenvalue weighted by molar-refractivity contribution is 6.74. The largest absolute Gasteiger partial charge is 0.467 e. The molecule has 1 heterocycles. The van der Waals surface area contributed by atoms with Crippen LogP contribution in [0.15, 0.2) is 30.3 Å². The number of likely N-dealkylation sites (tertiary alicyclic amines) is 1. The van der Waals surface area contributed by atoms with Crippen molar-refractivity contribution in [1.29, 1.82) is 0 Å². The van der Waals surface area contributed by atoms with E-state index < -0.39 is 26.4 Å². The summed E-state index contributed by atoms with van der Waals surface area (Å²) in [5.41, 5.74) is 0.897. The van der Waals surface area contributed by atoms with Crippen molar-refractivity contribution in [3.63, 3.8) is 0 Å². The van der Waals surface area contributed by atoms with Crippen molar-refractivity contribution in [3.8, 4) is 0 Å². The monoisotopic (exact) mass is 393 g/mol. The zero-order valence-corrected chi connectivity index (χ0v) is 18.2. The minimum Gasteiger partial charge on any atom is -0.467 e. The van der Waals surface area contributed by atoms with Crippen molar-refractivity contribution in [2.75, 3.05) is 13.7 Å². The van der Waals surface area contributed by atoms with Crippen LogP contribution in [0.4, 0.5) is 4.79 Å². The van der Waals surface area contributed by atoms with Crippen LogP contribution in [0.25, 0.3) is 0 Å². The van der Waals surface area contributed by atoms with Crippen molar-refractivity contribution in [2.24, 2.45) is 0 Å². The Morgan fingerprint density at radius 1 is 1.19 bits per heavy atom. The van der Waals surface area contributed by atoms with E-state index in [1.165, 1.54) is 12.0 Å². The van der Waals surface area contributed by atoms with E-state index in [1.54, 1.807) is 0 Å². The highest BCUT2D eigenvalue weighted by Crippen LogP contribution is 2.39. The average molecular weight is 394 g/mol. The van der Waals surface area contributed by atoms with E-state index in [9.17, 15) is 9.59 Å². The number of rotatable bonds is 5. The van der Waals surface area contributed by atoms with Crippen LogP contribution in [0.5, 0.6) is 0 Å². The zero-order valence-electron chi connectivity index (χ0n) is 17.2. The van der Waals surface area contributed by atoms with Crippen LogP contribution in [-0.2, 0) is 25.3 Å². The first kappa shape index (κ1) is 21.4. The predicted molar refractivity (Wildman–Crippen MR) is 106 cm³/mol. The van der Waals surface area contributed by atoms with E-state index in [0.717, 1.165) is 5.56 Å². The maximum atomic E-state index is 12.6. The van der Waals surface area contributed by atoms with Gasteiger partial charge in [-0.05, 0) is 23.7 Å². The molecule has 27 heavy (non-hydrogen) atoms. The Morgan fingerprint density at radius 2 is 1.81 bits per heavy atom. The molecule has 1 aliphatic heterocycles. The summed E-state index contributed by atoms with van der Waals surface area (Å²) in [5.74, 6) is -0.437. The van der Waals surface area contributed by atoms with Crippen LogP contribution < -0.4 is 0 Å². The van der Waals surface area contributed by atoms with Gasteiger partial charge in [0, 0.05) is 13.0 Å². The van der Waals surface area contributed by atoms with Crippen LogP contribution >= 0.6 is 0 Å². The molecule has 7 heteroatoms. The standard InChI is InChI=1S/C20H31NO5Si/c1-20(2,3)27(5,6)26-16-12-17(18(22)24-4)21(13-16)19(23)25-14-15-10-8-7-9-11-15/h7-11,16-17H,12-14H2,1-6H3/t16-,17+/m0/s1. The van der Waals surface area contributed by atoms with Crippen molar-refractivity contribution in [3.05, 3.63) is 35.9 Å². The van der Waals surface area contributed by atoms with Crippen LogP contribution in [0.1, 0.15) is 32.8 Å². The summed E-state index contributed by atoms with van der Waals surface area (Å²) in [4.78, 5) is 26.2. The number of hydrogen-bond acceptors (Lipinski definition) is 5. The number of carbonyl (C=O) groups is 2. The third-order valence-electron chi connectivity index (χ3n) is 5.44. The second-order valence-electron chi connectivity index (χ2n) is 8.47. The topological polar surface area (TPSA) is 65.1 Å². The quantitative estimate of drug-likeness (QED) is 0.560. The Kier molecular flexibility index (Phi) is 6.70. The molecule has 0 spiro atoms. The molecule has 0 aliphatic carbocycles. The van der Waals surface area contributed by atoms with Gasteiger partial charge in [0.2, 0.25) is 0 Å². The lowest BCUT2D eigenvalue weighted by molar-refractivity contribution is -0.145. The summed E-state index contributed by atoms with van der Waals surface area (Å²) in [7, 11) is -0.680. The van der Waals surface area contributed by atoms with Gasteiger partial charge in [-0.15, -0.1) is 0 Å². The fraction of sp³-hybridized carbons (Fsp3) is 0.600. The number of methoxy groups -OCH3 is 1. The lowest BCUT2D eigenvalue weighted by Gasteiger charge is -2.38. The molecule has 1 amide bonds. The molecule has 0 unspecified atom stereocenters. The van der Waals surface area contributed by atoms with E-state index in [0.29, 0.717) is 13.0 Å². The van der Waals surface area contributed by atoms with Gasteiger partial charge in [-0.1, -0.05) is 51.1 Å². The van der Waals surface area contributed by atoms with E-state index >= 15 is 0 Å². The van der Waals surface area contributed by atoms with Gasteiger partial charge in [0.1, 0.15) is 12.6 Å². The van der Waals surface area contributed by atoms with E-state index in [4.69, 9.17) is 13.9 Å². The normalized spacial score (nSPS) is 20.4. The SMILES string of the molecule is COC(=O)[C@H]1C[C@H](O[Si](C)(C)C(C)(C)C)CN1C(=O)OCc1ccccc1. The molecular formula is C20H31NO5Si. The Morgan fingerprint density at radius 3 is 2.37 bits per heavy atom. The summed E-state index contributed by atoms with van der Waals surface area (Å²) >= 11 is 0. The molecule has 0 N–H and O–H groups in total. The van der Waals surface area contributed by atoms with Crippen LogP contribution in [0, 0.1) is 0 Å². The molecule has 1 saturated heterocycles. The summed E-state index contributed by atoms with van der Waals surface area (Å²) in [5, 5.41) is 0.0506. The lowest BCUT2D eigenvalue weighted by Crippen LogP contribution is -2.45. The number of nitrogens with zero attached hydrogens (tertiary/aromatic N) is 1. The molecule has 2 atom stereocenters. The summed E-state index contributed by atoms with van der Waals surface area (Å²) in [6.07, 6.45) is -0.283. The van der Waals surface area contributed by atoms with E-state index in [2.05, 4.69) is 33.9 Å². The minimum absolute atomic E-state index is 0.0506. The molecule has 0 aromatic heterocycles. The first-order valence-electron chi connectivity index (χ1n) is 9.28.